The van der Waals surface area contributed by atoms with Crippen molar-refractivity contribution in [3.05, 3.63) is 53.5 Å². The van der Waals surface area contributed by atoms with E-state index in [4.69, 9.17) is 0 Å². The molecule has 1 heterocycles. The lowest BCUT2D eigenvalue weighted by Gasteiger charge is -2.10. The van der Waals surface area contributed by atoms with Gasteiger partial charge in [-0.1, -0.05) is 24.8 Å². The van der Waals surface area contributed by atoms with Gasteiger partial charge in [-0.25, -0.2) is 0 Å². The van der Waals surface area contributed by atoms with Crippen LogP contribution in [0.2, 0.25) is 0 Å². The first-order valence-corrected chi connectivity index (χ1v) is 6.51. The highest BCUT2D eigenvalue weighted by molar-refractivity contribution is 5.99. The number of carbonyl (C=O) groups is 1. The molecule has 3 nitrogen and oxygen atoms in total. The molecule has 0 bridgehead atoms. The summed E-state index contributed by atoms with van der Waals surface area (Å²) in [4.78, 5) is 20.3. The van der Waals surface area contributed by atoms with Crippen LogP contribution in [-0.2, 0) is 0 Å². The zero-order valence-corrected chi connectivity index (χ0v) is 12.5. The maximum atomic E-state index is 11.8. The van der Waals surface area contributed by atoms with E-state index in [9.17, 15) is 4.79 Å². The second-order valence-electron chi connectivity index (χ2n) is 4.31. The van der Waals surface area contributed by atoms with E-state index in [1.807, 2.05) is 39.0 Å². The maximum Gasteiger partial charge on any atom is 0.162 e. The number of ketones is 1. The molecular formula is C17H20N2O. The Labute approximate surface area is 120 Å². The van der Waals surface area contributed by atoms with Crippen molar-refractivity contribution >= 4 is 23.6 Å². The molecule has 0 saturated heterocycles. The molecule has 0 aliphatic carbocycles. The number of Topliss-reactive ketones (excluding diaryl/α,β-unsaturated/α-hetero) is 1. The zero-order chi connectivity index (χ0) is 15.1. The molecule has 0 spiro atoms. The van der Waals surface area contributed by atoms with Crippen LogP contribution in [-0.4, -0.2) is 17.0 Å². The fraction of sp³-hybridized carbons (Fsp3) is 0.235. The van der Waals surface area contributed by atoms with Gasteiger partial charge in [0.05, 0.1) is 5.69 Å². The molecule has 0 aliphatic rings. The van der Waals surface area contributed by atoms with E-state index >= 15 is 0 Å². The summed E-state index contributed by atoms with van der Waals surface area (Å²) in [5.41, 5.74) is 3.84. The smallest absolute Gasteiger partial charge is 0.162 e. The van der Waals surface area contributed by atoms with Gasteiger partial charge in [0.1, 0.15) is 0 Å². The van der Waals surface area contributed by atoms with E-state index in [1.165, 1.54) is 0 Å². The highest BCUT2D eigenvalue weighted by atomic mass is 16.1. The second kappa shape index (κ2) is 7.34. The monoisotopic (exact) mass is 268 g/mol. The third kappa shape index (κ3) is 3.60. The first-order valence-electron chi connectivity index (χ1n) is 6.51. The normalized spacial score (nSPS) is 12.3. The maximum absolute atomic E-state index is 11.8. The molecule has 0 saturated carbocycles. The summed E-state index contributed by atoms with van der Waals surface area (Å²) in [5.74, 6) is 0.0189. The SMILES string of the molecule is C=C/C(=C\N=CC)c1cc(/C=C\C)c(C(C)=O)c(C)n1. The van der Waals surface area contributed by atoms with Crippen LogP contribution < -0.4 is 0 Å². The molecular weight excluding hydrogens is 248 g/mol. The highest BCUT2D eigenvalue weighted by Gasteiger charge is 2.13. The molecule has 104 valence electrons. The largest absolute Gasteiger partial charge is 0.294 e. The second-order valence-corrected chi connectivity index (χ2v) is 4.31. The van der Waals surface area contributed by atoms with Gasteiger partial charge in [-0.3, -0.25) is 14.8 Å². The van der Waals surface area contributed by atoms with E-state index in [0.29, 0.717) is 5.56 Å². The van der Waals surface area contributed by atoms with Crippen molar-refractivity contribution < 1.29 is 4.79 Å². The van der Waals surface area contributed by atoms with E-state index in [0.717, 1.165) is 22.5 Å². The molecule has 0 radical (unpaired) electrons. The Morgan fingerprint density at radius 2 is 2.10 bits per heavy atom. The predicted octanol–water partition coefficient (Wildman–Crippen LogP) is 4.24. The number of nitrogens with zero attached hydrogens (tertiary/aromatic N) is 2. The summed E-state index contributed by atoms with van der Waals surface area (Å²) < 4.78 is 0. The number of rotatable bonds is 5. The Bertz CT molecular complexity index is 608. The standard InChI is InChI=1S/C17H20N2O/c1-6-9-15-10-16(14(7-2)11-18-8-3)19-12(4)17(15)13(5)20/h6-11H,2H2,1,3-5H3/b9-6-,14-11+,18-8?. The van der Waals surface area contributed by atoms with Gasteiger partial charge in [-0.2, -0.15) is 0 Å². The molecule has 3 heteroatoms. The third-order valence-electron chi connectivity index (χ3n) is 2.81. The van der Waals surface area contributed by atoms with Gasteiger partial charge < -0.3 is 0 Å². The first kappa shape index (κ1) is 15.8. The topological polar surface area (TPSA) is 42.3 Å². The number of allylic oxidation sites excluding steroid dienone is 3. The Balaban J connectivity index is 3.52. The van der Waals surface area contributed by atoms with Crippen LogP contribution in [0.15, 0.2) is 36.0 Å². The number of aliphatic imine (C=N–C) groups is 1. The van der Waals surface area contributed by atoms with Crippen molar-refractivity contribution in [1.82, 2.24) is 4.98 Å². The summed E-state index contributed by atoms with van der Waals surface area (Å²) in [6.45, 7) is 11.0. The minimum absolute atomic E-state index is 0.0189. The lowest BCUT2D eigenvalue weighted by Crippen LogP contribution is -2.04. The number of hydrogen-bond acceptors (Lipinski definition) is 3. The number of aromatic nitrogens is 1. The summed E-state index contributed by atoms with van der Waals surface area (Å²) in [7, 11) is 0. The van der Waals surface area contributed by atoms with Crippen LogP contribution in [0.25, 0.3) is 11.6 Å². The van der Waals surface area contributed by atoms with Crippen molar-refractivity contribution in [1.29, 1.82) is 0 Å². The molecule has 1 aromatic heterocycles. The van der Waals surface area contributed by atoms with E-state index in [-0.39, 0.29) is 5.78 Å². The average molecular weight is 268 g/mol. The lowest BCUT2D eigenvalue weighted by atomic mass is 10.00. The van der Waals surface area contributed by atoms with Crippen molar-refractivity contribution in [2.24, 2.45) is 4.99 Å². The molecule has 0 fully saturated rings. The van der Waals surface area contributed by atoms with Gasteiger partial charge in [0.2, 0.25) is 0 Å². The van der Waals surface area contributed by atoms with Crippen LogP contribution in [0, 0.1) is 6.92 Å². The molecule has 1 rings (SSSR count). The number of hydrogen-bond donors (Lipinski definition) is 0. The summed E-state index contributed by atoms with van der Waals surface area (Å²) >= 11 is 0. The van der Waals surface area contributed by atoms with E-state index in [1.54, 1.807) is 25.4 Å². The average Bonchev–Trinajstić information content (AvgIpc) is 2.39. The quantitative estimate of drug-likeness (QED) is 0.455. The van der Waals surface area contributed by atoms with Gasteiger partial charge >= 0.3 is 0 Å². The van der Waals surface area contributed by atoms with Gasteiger partial charge in [-0.05, 0) is 39.3 Å². The molecule has 0 N–H and O–H groups in total. The zero-order valence-electron chi connectivity index (χ0n) is 12.5. The van der Waals surface area contributed by atoms with Crippen LogP contribution >= 0.6 is 0 Å². The van der Waals surface area contributed by atoms with Crippen molar-refractivity contribution in [2.45, 2.75) is 27.7 Å². The molecule has 0 atom stereocenters. The minimum Gasteiger partial charge on any atom is -0.294 e. The molecule has 0 unspecified atom stereocenters. The fourth-order valence-electron chi connectivity index (χ4n) is 1.99. The van der Waals surface area contributed by atoms with Crippen molar-refractivity contribution in [2.75, 3.05) is 0 Å². The van der Waals surface area contributed by atoms with Crippen LogP contribution in [0.5, 0.6) is 0 Å². The summed E-state index contributed by atoms with van der Waals surface area (Å²) in [6.07, 6.45) is 8.95. The van der Waals surface area contributed by atoms with Crippen LogP contribution in [0.4, 0.5) is 0 Å². The number of pyridine rings is 1. The van der Waals surface area contributed by atoms with E-state index in [2.05, 4.69) is 16.6 Å². The van der Waals surface area contributed by atoms with Gasteiger partial charge in [0.25, 0.3) is 0 Å². The number of aryl methyl sites for hydroxylation is 1. The van der Waals surface area contributed by atoms with Gasteiger partial charge in [0.15, 0.2) is 5.78 Å². The summed E-state index contributed by atoms with van der Waals surface area (Å²) in [5, 5.41) is 0. The summed E-state index contributed by atoms with van der Waals surface area (Å²) in [6, 6.07) is 1.89. The Morgan fingerprint density at radius 3 is 2.60 bits per heavy atom. The highest BCUT2D eigenvalue weighted by Crippen LogP contribution is 2.22. The Morgan fingerprint density at radius 1 is 1.40 bits per heavy atom. The predicted molar refractivity (Wildman–Crippen MR) is 86.0 cm³/mol. The fourth-order valence-corrected chi connectivity index (χ4v) is 1.99. The van der Waals surface area contributed by atoms with Gasteiger partial charge in [0, 0.05) is 29.2 Å². The van der Waals surface area contributed by atoms with Crippen molar-refractivity contribution in [3.63, 3.8) is 0 Å². The minimum atomic E-state index is 0.0189. The third-order valence-corrected chi connectivity index (χ3v) is 2.81. The van der Waals surface area contributed by atoms with Crippen LogP contribution in [0.1, 0.15) is 48.1 Å². The lowest BCUT2D eigenvalue weighted by molar-refractivity contribution is 0.101. The van der Waals surface area contributed by atoms with E-state index < -0.39 is 0 Å². The molecule has 0 aliphatic heterocycles. The van der Waals surface area contributed by atoms with Gasteiger partial charge in [-0.15, -0.1) is 0 Å². The molecule has 20 heavy (non-hydrogen) atoms. The first-order chi connectivity index (χ1) is 9.54. The molecule has 0 aromatic carbocycles. The number of carbonyl (C=O) groups excluding carboxylic acids is 1. The molecule has 0 amide bonds. The van der Waals surface area contributed by atoms with Crippen molar-refractivity contribution in [3.8, 4) is 0 Å². The Hall–Kier alpha value is -2.29. The molecule has 1 aromatic rings. The Kier molecular flexibility index (Phi) is 5.78. The van der Waals surface area contributed by atoms with Crippen LogP contribution in [0.3, 0.4) is 0 Å².